The first-order chi connectivity index (χ1) is 46.3. The molecule has 6 amide bonds. The van der Waals surface area contributed by atoms with Gasteiger partial charge in [-0.3, -0.25) is 38.4 Å². The molecule has 0 saturated carbocycles. The molecule has 6 aromatic rings. The highest BCUT2D eigenvalue weighted by Gasteiger charge is 2.48. The van der Waals surface area contributed by atoms with E-state index in [9.17, 15) is 43.5 Å². The van der Waals surface area contributed by atoms with Gasteiger partial charge in [-0.1, -0.05) is 153 Å². The third-order valence-electron chi connectivity index (χ3n) is 20.0. The number of carbonyl (C=O) groups excluding carboxylic acids is 8. The predicted molar refractivity (Wildman–Crippen MR) is 382 cm³/mol. The first-order valence-electron chi connectivity index (χ1n) is 33.7. The fourth-order valence-corrected chi connectivity index (χ4v) is 14.1. The zero-order valence-corrected chi connectivity index (χ0v) is 59.3. The number of rotatable bonds is 22. The monoisotopic (exact) mass is 1370 g/mol. The largest absolute Gasteiger partial charge is 0.416 e. The highest BCUT2D eigenvalue weighted by Crippen LogP contribution is 2.37. The van der Waals surface area contributed by atoms with E-state index in [0.29, 0.717) is 110 Å². The number of carbonyl (C=O) groups is 8. The lowest BCUT2D eigenvalue weighted by atomic mass is 9.85. The molecule has 6 aromatic carbocycles. The van der Waals surface area contributed by atoms with Crippen LogP contribution in [0.25, 0.3) is 0 Å². The zero-order valence-electron chi connectivity index (χ0n) is 56.8. The fraction of sp³-hybridized carbons (Fsp3) is 0.421. The normalized spacial score (nSPS) is 17.6. The summed E-state index contributed by atoms with van der Waals surface area (Å²) in [6.07, 6.45) is 2.07. The van der Waals surface area contributed by atoms with E-state index in [0.717, 1.165) is 39.9 Å². The van der Waals surface area contributed by atoms with Gasteiger partial charge in [0.2, 0.25) is 35.4 Å². The van der Waals surface area contributed by atoms with E-state index < -0.39 is 37.4 Å². The number of anilines is 2. The van der Waals surface area contributed by atoms with Crippen LogP contribution >= 0.6 is 23.2 Å². The second-order valence-electron chi connectivity index (χ2n) is 27.6. The lowest BCUT2D eigenvalue weighted by Crippen LogP contribution is -2.65. The minimum Gasteiger partial charge on any atom is -0.416 e. The fourth-order valence-electron chi connectivity index (χ4n) is 12.8. The summed E-state index contributed by atoms with van der Waals surface area (Å²) >= 11 is 12.5. The summed E-state index contributed by atoms with van der Waals surface area (Å²) < 4.78 is 6.44. The molecule has 0 unspecified atom stereocenters. The average molecular weight is 1380 g/mol. The summed E-state index contributed by atoms with van der Waals surface area (Å²) in [6, 6.07) is 42.1. The van der Waals surface area contributed by atoms with Crippen molar-refractivity contribution >= 4 is 89.9 Å². The first-order valence-corrected chi connectivity index (χ1v) is 37.3. The van der Waals surface area contributed by atoms with Gasteiger partial charge in [0, 0.05) is 130 Å². The summed E-state index contributed by atoms with van der Waals surface area (Å²) in [5.41, 5.74) is 5.32. The molecule has 4 heterocycles. The topological polar surface area (TPSA) is 227 Å². The molecule has 2 atom stereocenters. The molecule has 97 heavy (non-hydrogen) atoms. The molecule has 2 fully saturated rings. The zero-order chi connectivity index (χ0) is 69.7. The van der Waals surface area contributed by atoms with Gasteiger partial charge in [0.1, 0.15) is 23.2 Å². The number of ketones is 2. The van der Waals surface area contributed by atoms with Crippen molar-refractivity contribution in [2.45, 2.75) is 153 Å². The Labute approximate surface area is 581 Å². The second kappa shape index (κ2) is 32.6. The molecule has 21 heteroatoms. The molecule has 0 aliphatic carbocycles. The highest BCUT2D eigenvalue weighted by molar-refractivity contribution is 6.74. The Balaban J connectivity index is 0.000000230. The Morgan fingerprint density at radius 2 is 0.897 bits per heavy atom. The molecular weight excluding hydrogens is 1280 g/mol. The number of nitrogens with zero attached hydrogens (tertiary/aromatic N) is 4. The number of nitrogens with one attached hydrogen (secondary N) is 4. The summed E-state index contributed by atoms with van der Waals surface area (Å²) in [7, 11) is -1.91. The van der Waals surface area contributed by atoms with Crippen LogP contribution in [0, 0.1) is 13.8 Å². The van der Waals surface area contributed by atoms with E-state index in [1.165, 1.54) is 0 Å². The second-order valence-corrected chi connectivity index (χ2v) is 33.2. The number of benzene rings is 6. The van der Waals surface area contributed by atoms with Crippen molar-refractivity contribution in [1.29, 1.82) is 0 Å². The summed E-state index contributed by atoms with van der Waals surface area (Å²) in [5, 5.41) is 23.1. The van der Waals surface area contributed by atoms with E-state index in [-0.39, 0.29) is 91.5 Å². The van der Waals surface area contributed by atoms with Crippen molar-refractivity contribution in [3.63, 3.8) is 0 Å². The van der Waals surface area contributed by atoms with Crippen molar-refractivity contribution in [3.8, 4) is 0 Å². The number of fused-ring (bicyclic) bond motifs is 2. The summed E-state index contributed by atoms with van der Waals surface area (Å²) in [5.74, 6) is -2.26. The Hall–Kier alpha value is -7.88. The van der Waals surface area contributed by atoms with Gasteiger partial charge < -0.3 is 50.4 Å². The number of aliphatic hydroxyl groups is 1. The maximum atomic E-state index is 14.5. The minimum atomic E-state index is -1.91. The number of halogens is 2. The molecule has 2 saturated heterocycles. The van der Waals surface area contributed by atoms with Crippen LogP contribution in [0.4, 0.5) is 11.4 Å². The number of likely N-dealkylation sites (tertiary alicyclic amines) is 2. The van der Waals surface area contributed by atoms with Gasteiger partial charge in [0.25, 0.3) is 0 Å². The van der Waals surface area contributed by atoms with E-state index in [1.54, 1.807) is 88.7 Å². The van der Waals surface area contributed by atoms with Gasteiger partial charge in [-0.2, -0.15) is 0 Å². The highest BCUT2D eigenvalue weighted by atomic mass is 35.5. The van der Waals surface area contributed by atoms with Gasteiger partial charge >= 0.3 is 0 Å². The summed E-state index contributed by atoms with van der Waals surface area (Å²) in [4.78, 5) is 118. The third-order valence-corrected chi connectivity index (χ3v) is 25.4. The average Bonchev–Trinajstić information content (AvgIpc) is 0.785. The van der Waals surface area contributed by atoms with E-state index >= 15 is 0 Å². The van der Waals surface area contributed by atoms with Crippen LogP contribution in [0.3, 0.4) is 0 Å². The molecule has 4 aliphatic heterocycles. The Bertz CT molecular complexity index is 3810. The molecule has 0 aromatic heterocycles. The Kier molecular flexibility index (Phi) is 24.7. The molecule has 18 nitrogen and oxygen atoms in total. The number of hydrogen-bond donors (Lipinski definition) is 5. The van der Waals surface area contributed by atoms with Crippen LogP contribution in [0.2, 0.25) is 28.2 Å². The predicted octanol–water partition coefficient (Wildman–Crippen LogP) is 11.3. The Morgan fingerprint density at radius 3 is 1.27 bits per heavy atom. The molecule has 5 N–H and O–H groups in total. The number of aliphatic hydroxyl groups excluding tert-OH is 1. The molecule has 4 aliphatic rings. The van der Waals surface area contributed by atoms with Gasteiger partial charge in [-0.25, -0.2) is 0 Å². The van der Waals surface area contributed by atoms with E-state index in [1.807, 2.05) is 80.6 Å². The van der Waals surface area contributed by atoms with Gasteiger partial charge in [0.15, 0.2) is 19.9 Å². The van der Waals surface area contributed by atoms with Crippen molar-refractivity contribution in [1.82, 2.24) is 30.2 Å². The van der Waals surface area contributed by atoms with Crippen LogP contribution in [0.15, 0.2) is 146 Å². The number of β-amino-alcohol motifs (C(OH)–C–C–N with tert-alkyl or cyclic N) is 1. The number of piperidine rings is 2. The maximum absolute atomic E-state index is 14.5. The molecule has 514 valence electrons. The smallest absolute Gasteiger partial charge is 0.250 e. The van der Waals surface area contributed by atoms with Crippen LogP contribution < -0.4 is 21.3 Å². The van der Waals surface area contributed by atoms with Crippen LogP contribution in [-0.4, -0.2) is 156 Å². The molecule has 10 rings (SSSR count). The van der Waals surface area contributed by atoms with E-state index in [4.69, 9.17) is 27.6 Å². The SMILES string of the molecule is Cc1cc(NC(=O)C2(NC(=O)[C@@H]3Cc4ccccc4CN3C(=O)CCC(=O)c3ccccc3)CCN(CCO)CC2)ccc1Cl.Cc1cc(NC(=O)C2(NC(=O)[C@@H]3Cc4ccccc4CN3C(=O)CCC(=O)c3ccccc3)CCN(CCO[Si](C)(C)C(C)(C)C)CC2)ccc1Cl. The quantitative estimate of drug-likeness (QED) is 0.0316. The van der Waals surface area contributed by atoms with Gasteiger partial charge in [-0.05, 0) is 127 Å². The standard InChI is InChI=1S/C41H53ClN4O5Si.C35H39ClN4O5/c1-29-26-33(16-17-34(29)42)43-39(50)41(20-22-45(23-21-41)24-25-51-52(5,6)40(2,3)4)44-38(49)35-27-31-14-10-11-15-32(31)28-46(35)37(48)19-18-36(47)30-12-8-7-9-13-30;1-24-21-28(11-12-29(24)36)37-34(45)35(15-17-39(18-16-35)19-20-41)38-33(44)30-22-26-9-5-6-10-27(26)23-40(30)32(43)14-13-31(42)25-7-3-2-4-8-25/h7-17,26,35H,18-25,27-28H2,1-6H3,(H,43,50)(H,44,49);2-12,21,30,41H,13-20,22-23H2,1H3,(H,37,45)(H,38,44)/t35-;30-/m00/s1. The van der Waals surface area contributed by atoms with Crippen LogP contribution in [-0.2, 0) is 59.1 Å². The van der Waals surface area contributed by atoms with Crippen LogP contribution in [0.1, 0.15) is 126 Å². The van der Waals surface area contributed by atoms with Crippen LogP contribution in [0.5, 0.6) is 0 Å². The van der Waals surface area contributed by atoms with Crippen molar-refractivity contribution in [3.05, 3.63) is 200 Å². The number of amides is 6. The molecule has 0 radical (unpaired) electrons. The molecular formula is C76H92Cl2N8O10Si. The third kappa shape index (κ3) is 18.7. The van der Waals surface area contributed by atoms with Crippen molar-refractivity contribution < 1.29 is 47.9 Å². The number of Topliss-reactive ketones (excluding diaryl/α,β-unsaturated/α-hetero) is 2. The molecule has 0 spiro atoms. The minimum absolute atomic E-state index is 0.000930. The first kappa shape index (κ1) is 73.4. The number of hydrogen-bond acceptors (Lipinski definition) is 12. The maximum Gasteiger partial charge on any atom is 0.250 e. The van der Waals surface area contributed by atoms with Gasteiger partial charge in [-0.15, -0.1) is 0 Å². The Morgan fingerprint density at radius 1 is 0.526 bits per heavy atom. The number of aryl methyl sites for hydroxylation is 2. The van der Waals surface area contributed by atoms with Gasteiger partial charge in [0.05, 0.1) is 6.61 Å². The lowest BCUT2D eigenvalue weighted by molar-refractivity contribution is -0.144. The van der Waals surface area contributed by atoms with Crippen molar-refractivity contribution in [2.75, 3.05) is 63.1 Å². The lowest BCUT2D eigenvalue weighted by Gasteiger charge is -2.44. The van der Waals surface area contributed by atoms with Crippen molar-refractivity contribution in [2.24, 2.45) is 0 Å². The summed E-state index contributed by atoms with van der Waals surface area (Å²) in [6.45, 7) is 19.4. The van der Waals surface area contributed by atoms with E-state index in [2.05, 4.69) is 64.9 Å². The molecule has 0 bridgehead atoms.